The maximum atomic E-state index is 11.1. The largest absolute Gasteiger partial charge is 0.331 e. The molecule has 4 nitrogen and oxygen atoms in total. The molecule has 0 atom stereocenters. The van der Waals surface area contributed by atoms with Crippen LogP contribution in [0, 0.1) is 0 Å². The van der Waals surface area contributed by atoms with Crippen molar-refractivity contribution in [2.24, 2.45) is 0 Å². The van der Waals surface area contributed by atoms with Gasteiger partial charge < -0.3 is 10.6 Å². The number of amides is 1. The lowest BCUT2D eigenvalue weighted by molar-refractivity contribution is -0.117. The number of anilines is 1. The molecule has 0 radical (unpaired) electrons. The van der Waals surface area contributed by atoms with Gasteiger partial charge in [0.25, 0.3) is 0 Å². The molecule has 3 rings (SSSR count). The maximum absolute atomic E-state index is 11.1. The number of benzene rings is 2. The highest BCUT2D eigenvalue weighted by molar-refractivity contribution is 7.80. The number of hydrogen-bond acceptors (Lipinski definition) is 4. The second kappa shape index (κ2) is 7.03. The van der Waals surface area contributed by atoms with E-state index in [0.29, 0.717) is 15.7 Å². The predicted octanol–water partition coefficient (Wildman–Crippen LogP) is 5.10. The van der Waals surface area contributed by atoms with Crippen LogP contribution in [0.4, 0.5) is 5.69 Å². The number of halogens is 2. The molecule has 0 aliphatic heterocycles. The minimum atomic E-state index is -0.260. The summed E-state index contributed by atoms with van der Waals surface area (Å²) in [4.78, 5) is 15.7. The number of hydrogen-bond donors (Lipinski definition) is 2. The molecule has 0 bridgehead atoms. The normalized spacial score (nSPS) is 10.6. The number of nitrogens with one attached hydrogen (secondary N) is 2. The zero-order chi connectivity index (χ0) is 17.3. The molecule has 24 heavy (non-hydrogen) atoms. The molecule has 8 heteroatoms. The summed E-state index contributed by atoms with van der Waals surface area (Å²) in [6, 6.07) is 11.3. The van der Waals surface area contributed by atoms with Gasteiger partial charge in [0, 0.05) is 12.5 Å². The van der Waals surface area contributed by atoms with E-state index in [1.54, 1.807) is 12.1 Å². The van der Waals surface area contributed by atoms with Crippen molar-refractivity contribution in [3.63, 3.8) is 0 Å². The molecule has 122 valence electrons. The summed E-state index contributed by atoms with van der Waals surface area (Å²) in [6.07, 6.45) is 0. The molecule has 0 spiro atoms. The van der Waals surface area contributed by atoms with Gasteiger partial charge in [0.2, 0.25) is 5.91 Å². The SMILES string of the molecule is CC(=O)NC(=S)Nc1cc(-c2nc3ccccc3s2)c(Cl)cc1Cl. The van der Waals surface area contributed by atoms with Crippen molar-refractivity contribution in [1.29, 1.82) is 0 Å². The van der Waals surface area contributed by atoms with Crippen LogP contribution in [-0.2, 0) is 4.79 Å². The number of nitrogens with zero attached hydrogens (tertiary/aromatic N) is 1. The molecule has 0 fully saturated rings. The number of para-hydroxylation sites is 1. The molecule has 3 aromatic rings. The number of aromatic nitrogens is 1. The molecular weight excluding hydrogens is 385 g/mol. The van der Waals surface area contributed by atoms with Crippen molar-refractivity contribution >= 4 is 73.7 Å². The number of thiocarbonyl (C=S) groups is 1. The summed E-state index contributed by atoms with van der Waals surface area (Å²) >= 11 is 19.2. The summed E-state index contributed by atoms with van der Waals surface area (Å²) < 4.78 is 1.07. The standard InChI is InChI=1S/C16H11Cl2N3OS2/c1-8(22)19-16(23)21-13-6-9(10(17)7-11(13)18)15-20-12-4-2-3-5-14(12)24-15/h2-7H,1H3,(H2,19,21,22,23). The fourth-order valence-corrected chi connectivity index (χ4v) is 3.94. The minimum absolute atomic E-state index is 0.168. The zero-order valence-electron chi connectivity index (χ0n) is 12.4. The quantitative estimate of drug-likeness (QED) is 0.592. The van der Waals surface area contributed by atoms with E-state index < -0.39 is 0 Å². The molecule has 0 saturated carbocycles. The third kappa shape index (κ3) is 3.67. The highest BCUT2D eigenvalue weighted by Crippen LogP contribution is 2.38. The molecule has 1 amide bonds. The fourth-order valence-electron chi connectivity index (χ4n) is 2.11. The van der Waals surface area contributed by atoms with Crippen LogP contribution in [0.15, 0.2) is 36.4 Å². The average Bonchev–Trinajstić information content (AvgIpc) is 2.92. The Morgan fingerprint density at radius 1 is 1.21 bits per heavy atom. The van der Waals surface area contributed by atoms with Crippen molar-refractivity contribution in [3.8, 4) is 10.6 Å². The van der Waals surface area contributed by atoms with Crippen LogP contribution in [0.5, 0.6) is 0 Å². The lowest BCUT2D eigenvalue weighted by Crippen LogP contribution is -2.32. The van der Waals surface area contributed by atoms with E-state index in [1.165, 1.54) is 18.3 Å². The Kier molecular flexibility index (Phi) is 5.01. The van der Waals surface area contributed by atoms with Gasteiger partial charge in [0.15, 0.2) is 5.11 Å². The Morgan fingerprint density at radius 3 is 2.67 bits per heavy atom. The van der Waals surface area contributed by atoms with Gasteiger partial charge in [-0.05, 0) is 36.5 Å². The van der Waals surface area contributed by atoms with Crippen LogP contribution >= 0.6 is 46.8 Å². The topological polar surface area (TPSA) is 54.0 Å². The van der Waals surface area contributed by atoms with Gasteiger partial charge in [-0.15, -0.1) is 11.3 Å². The Hall–Kier alpha value is -1.73. The van der Waals surface area contributed by atoms with Crippen LogP contribution < -0.4 is 10.6 Å². The lowest BCUT2D eigenvalue weighted by Gasteiger charge is -2.12. The molecule has 1 aromatic heterocycles. The van der Waals surface area contributed by atoms with Crippen molar-refractivity contribution in [2.75, 3.05) is 5.32 Å². The van der Waals surface area contributed by atoms with Crippen LogP contribution in [0.3, 0.4) is 0 Å². The fraction of sp³-hybridized carbons (Fsp3) is 0.0625. The van der Waals surface area contributed by atoms with E-state index in [4.69, 9.17) is 35.4 Å². The first-order valence-electron chi connectivity index (χ1n) is 6.87. The average molecular weight is 396 g/mol. The molecule has 0 unspecified atom stereocenters. The third-order valence-corrected chi connectivity index (χ3v) is 5.02. The number of carbonyl (C=O) groups excluding carboxylic acids is 1. The minimum Gasteiger partial charge on any atom is -0.331 e. The number of carbonyl (C=O) groups is 1. The van der Waals surface area contributed by atoms with Crippen LogP contribution in [0.25, 0.3) is 20.8 Å². The van der Waals surface area contributed by atoms with Crippen LogP contribution in [0.1, 0.15) is 6.92 Å². The molecule has 1 heterocycles. The first-order chi connectivity index (χ1) is 11.4. The van der Waals surface area contributed by atoms with E-state index in [1.807, 2.05) is 24.3 Å². The van der Waals surface area contributed by atoms with E-state index in [2.05, 4.69) is 15.6 Å². The van der Waals surface area contributed by atoms with Crippen LogP contribution in [0.2, 0.25) is 10.0 Å². The second-order valence-corrected chi connectivity index (χ2v) is 7.19. The van der Waals surface area contributed by atoms with Gasteiger partial charge in [-0.2, -0.15) is 0 Å². The Bertz CT molecular complexity index is 923. The van der Waals surface area contributed by atoms with Gasteiger partial charge in [-0.25, -0.2) is 4.98 Å². The summed E-state index contributed by atoms with van der Waals surface area (Å²) in [6.45, 7) is 1.38. The molecular formula is C16H11Cl2N3OS2. The summed E-state index contributed by atoms with van der Waals surface area (Å²) in [5, 5.41) is 7.24. The Morgan fingerprint density at radius 2 is 1.96 bits per heavy atom. The first kappa shape index (κ1) is 17.1. The lowest BCUT2D eigenvalue weighted by atomic mass is 10.2. The molecule has 0 aliphatic carbocycles. The van der Waals surface area contributed by atoms with Gasteiger partial charge in [-0.3, -0.25) is 4.79 Å². The van der Waals surface area contributed by atoms with E-state index >= 15 is 0 Å². The van der Waals surface area contributed by atoms with Gasteiger partial charge >= 0.3 is 0 Å². The van der Waals surface area contributed by atoms with Gasteiger partial charge in [0.05, 0.1) is 25.9 Å². The number of thiazole rings is 1. The molecule has 2 aromatic carbocycles. The van der Waals surface area contributed by atoms with Gasteiger partial charge in [0.1, 0.15) is 5.01 Å². The number of rotatable bonds is 2. The highest BCUT2D eigenvalue weighted by Gasteiger charge is 2.14. The number of fused-ring (bicyclic) bond motifs is 1. The summed E-state index contributed by atoms with van der Waals surface area (Å²) in [7, 11) is 0. The van der Waals surface area contributed by atoms with Crippen molar-refractivity contribution < 1.29 is 4.79 Å². The maximum Gasteiger partial charge on any atom is 0.222 e. The van der Waals surface area contributed by atoms with Crippen molar-refractivity contribution in [2.45, 2.75) is 6.92 Å². The second-order valence-electron chi connectivity index (χ2n) is 4.93. The molecule has 0 saturated heterocycles. The van der Waals surface area contributed by atoms with E-state index in [-0.39, 0.29) is 11.0 Å². The Labute approximate surface area is 157 Å². The van der Waals surface area contributed by atoms with Crippen molar-refractivity contribution in [1.82, 2.24) is 10.3 Å². The van der Waals surface area contributed by atoms with E-state index in [9.17, 15) is 4.79 Å². The van der Waals surface area contributed by atoms with Gasteiger partial charge in [-0.1, -0.05) is 35.3 Å². The summed E-state index contributed by atoms with van der Waals surface area (Å²) in [5.41, 5.74) is 2.20. The third-order valence-electron chi connectivity index (χ3n) is 3.12. The highest BCUT2D eigenvalue weighted by atomic mass is 35.5. The summed E-state index contributed by atoms with van der Waals surface area (Å²) in [5.74, 6) is -0.260. The first-order valence-corrected chi connectivity index (χ1v) is 8.85. The van der Waals surface area contributed by atoms with Crippen molar-refractivity contribution in [3.05, 3.63) is 46.4 Å². The Balaban J connectivity index is 2.00. The van der Waals surface area contributed by atoms with E-state index in [0.717, 1.165) is 20.8 Å². The van der Waals surface area contributed by atoms with Crippen LogP contribution in [-0.4, -0.2) is 16.0 Å². The molecule has 0 aliphatic rings. The predicted molar refractivity (Wildman–Crippen MR) is 105 cm³/mol. The zero-order valence-corrected chi connectivity index (χ0v) is 15.5. The monoisotopic (exact) mass is 395 g/mol. The molecule has 2 N–H and O–H groups in total. The smallest absolute Gasteiger partial charge is 0.222 e.